The van der Waals surface area contributed by atoms with Crippen molar-refractivity contribution in [1.29, 1.82) is 0 Å². The third-order valence-corrected chi connectivity index (χ3v) is 7.04. The Bertz CT molecular complexity index is 429. The summed E-state index contributed by atoms with van der Waals surface area (Å²) in [5.41, 5.74) is 0. The van der Waals surface area contributed by atoms with Gasteiger partial charge in [0.05, 0.1) is 16.2 Å². The largest absolute Gasteiger partial charge is 1.00 e. The van der Waals surface area contributed by atoms with Crippen LogP contribution in [0.3, 0.4) is 0 Å². The predicted octanol–water partition coefficient (Wildman–Crippen LogP) is 3.72. The number of hydrogen-bond acceptors (Lipinski definition) is 4. The average Bonchev–Trinajstić information content (AvgIpc) is 2.65. The first kappa shape index (κ1) is 32.1. The summed E-state index contributed by atoms with van der Waals surface area (Å²) in [4.78, 5) is 0. The van der Waals surface area contributed by atoms with Crippen molar-refractivity contribution in [3.05, 3.63) is 0 Å². The molecule has 0 aromatic rings. The van der Waals surface area contributed by atoms with Gasteiger partial charge in [-0.1, -0.05) is 110 Å². The van der Waals surface area contributed by atoms with E-state index in [4.69, 9.17) is 0 Å². The minimum Gasteiger partial charge on any atom is -0.748 e. The van der Waals surface area contributed by atoms with Crippen LogP contribution in [0.2, 0.25) is 0 Å². The molecular formula is C23H47NaO4S. The van der Waals surface area contributed by atoms with E-state index in [1.807, 2.05) is 0 Å². The van der Waals surface area contributed by atoms with Crippen LogP contribution in [-0.4, -0.2) is 29.4 Å². The fraction of sp³-hybridized carbons (Fsp3) is 1.00. The number of aliphatic hydroxyl groups is 1. The first-order valence-corrected chi connectivity index (χ1v) is 13.5. The van der Waals surface area contributed by atoms with Crippen LogP contribution in [0.1, 0.15) is 136 Å². The maximum Gasteiger partial charge on any atom is 1.00 e. The van der Waals surface area contributed by atoms with Crippen molar-refractivity contribution in [2.24, 2.45) is 0 Å². The topological polar surface area (TPSA) is 77.4 Å². The van der Waals surface area contributed by atoms with Gasteiger partial charge in [0.25, 0.3) is 0 Å². The molecule has 1 N–H and O–H groups in total. The molecule has 0 fully saturated rings. The van der Waals surface area contributed by atoms with Crippen LogP contribution in [0.25, 0.3) is 0 Å². The van der Waals surface area contributed by atoms with Crippen LogP contribution in [-0.2, 0) is 10.1 Å². The van der Waals surface area contributed by atoms with E-state index in [0.29, 0.717) is 25.7 Å². The molecule has 6 heteroatoms. The molecule has 2 unspecified atom stereocenters. The molecular weight excluding hydrogens is 395 g/mol. The summed E-state index contributed by atoms with van der Waals surface area (Å²) >= 11 is 0. The Hall–Kier alpha value is 0.870. The number of rotatable bonds is 21. The second-order valence-electron chi connectivity index (χ2n) is 8.52. The number of aliphatic hydroxyl groups excluding tert-OH is 1. The minimum atomic E-state index is -4.26. The quantitative estimate of drug-likeness (QED) is 0.167. The van der Waals surface area contributed by atoms with Crippen molar-refractivity contribution in [2.45, 2.75) is 147 Å². The summed E-state index contributed by atoms with van der Waals surface area (Å²) in [6.07, 6.45) is 19.6. The van der Waals surface area contributed by atoms with Crippen molar-refractivity contribution in [1.82, 2.24) is 0 Å². The van der Waals surface area contributed by atoms with Crippen molar-refractivity contribution < 1.29 is 47.6 Å². The van der Waals surface area contributed by atoms with Gasteiger partial charge in [-0.15, -0.1) is 0 Å². The molecule has 0 saturated heterocycles. The molecule has 0 amide bonds. The van der Waals surface area contributed by atoms with Gasteiger partial charge in [0.1, 0.15) is 0 Å². The summed E-state index contributed by atoms with van der Waals surface area (Å²) in [6.45, 7) is 4.31. The summed E-state index contributed by atoms with van der Waals surface area (Å²) in [5, 5.41) is 9.06. The molecule has 0 aromatic carbocycles. The first-order chi connectivity index (χ1) is 13.4. The van der Waals surface area contributed by atoms with Crippen LogP contribution < -0.4 is 29.6 Å². The minimum absolute atomic E-state index is 0. The Balaban J connectivity index is 0. The zero-order valence-electron chi connectivity index (χ0n) is 19.7. The van der Waals surface area contributed by atoms with E-state index in [1.165, 1.54) is 64.2 Å². The molecule has 0 spiro atoms. The molecule has 0 aliphatic rings. The smallest absolute Gasteiger partial charge is 0.748 e. The van der Waals surface area contributed by atoms with Gasteiger partial charge in [-0.2, -0.15) is 0 Å². The fourth-order valence-electron chi connectivity index (χ4n) is 3.79. The Labute approximate surface area is 204 Å². The second-order valence-corrected chi connectivity index (χ2v) is 10.2. The van der Waals surface area contributed by atoms with E-state index < -0.39 is 21.5 Å². The van der Waals surface area contributed by atoms with Crippen molar-refractivity contribution >= 4 is 10.1 Å². The molecule has 0 aromatic heterocycles. The van der Waals surface area contributed by atoms with Gasteiger partial charge in [-0.3, -0.25) is 0 Å². The first-order valence-electron chi connectivity index (χ1n) is 12.0. The zero-order valence-corrected chi connectivity index (χ0v) is 22.5. The molecule has 0 saturated carbocycles. The maximum absolute atomic E-state index is 11.5. The summed E-state index contributed by atoms with van der Waals surface area (Å²) in [6, 6.07) is 0. The van der Waals surface area contributed by atoms with Gasteiger partial charge < -0.3 is 9.66 Å². The van der Waals surface area contributed by atoms with Crippen LogP contribution in [0.5, 0.6) is 0 Å². The molecule has 0 bridgehead atoms. The fourth-order valence-corrected chi connectivity index (χ4v) is 4.67. The maximum atomic E-state index is 11.5. The molecule has 0 aliphatic carbocycles. The van der Waals surface area contributed by atoms with Gasteiger partial charge in [0.15, 0.2) is 0 Å². The van der Waals surface area contributed by atoms with E-state index >= 15 is 0 Å². The van der Waals surface area contributed by atoms with E-state index in [2.05, 4.69) is 13.8 Å². The Morgan fingerprint density at radius 2 is 1.03 bits per heavy atom. The Morgan fingerprint density at radius 1 is 0.621 bits per heavy atom. The van der Waals surface area contributed by atoms with E-state index in [0.717, 1.165) is 32.1 Å². The average molecular weight is 443 g/mol. The molecule has 0 heterocycles. The van der Waals surface area contributed by atoms with Crippen molar-refractivity contribution in [2.75, 3.05) is 0 Å². The van der Waals surface area contributed by atoms with Gasteiger partial charge in [0.2, 0.25) is 0 Å². The van der Waals surface area contributed by atoms with Gasteiger partial charge in [-0.05, 0) is 25.7 Å². The third-order valence-electron chi connectivity index (χ3n) is 5.75. The van der Waals surface area contributed by atoms with Crippen LogP contribution in [0, 0.1) is 0 Å². The molecule has 29 heavy (non-hydrogen) atoms. The zero-order chi connectivity index (χ0) is 21.1. The normalized spacial score (nSPS) is 13.8. The molecule has 2 atom stereocenters. The van der Waals surface area contributed by atoms with E-state index in [1.54, 1.807) is 0 Å². The third kappa shape index (κ3) is 21.9. The van der Waals surface area contributed by atoms with E-state index in [9.17, 15) is 18.1 Å². The number of hydrogen-bond donors (Lipinski definition) is 1. The van der Waals surface area contributed by atoms with Crippen LogP contribution in [0.4, 0.5) is 0 Å². The van der Waals surface area contributed by atoms with Crippen molar-refractivity contribution in [3.63, 3.8) is 0 Å². The molecule has 0 rings (SSSR count). The molecule has 170 valence electrons. The SMILES string of the molecule is CCCCCCCCCCCCCCCC(CCC(O)CCCC)S(=O)(=O)[O-].[Na+]. The summed E-state index contributed by atoms with van der Waals surface area (Å²) < 4.78 is 34.4. The molecule has 0 radical (unpaired) electrons. The van der Waals surface area contributed by atoms with Crippen molar-refractivity contribution in [3.8, 4) is 0 Å². The standard InChI is InChI=1S/C23H48O4S.Na/c1-3-5-7-8-9-10-11-12-13-14-15-16-17-19-23(28(25,26)27)21-20-22(24)18-6-4-2;/h22-24H,3-21H2,1-2H3,(H,25,26,27);/q;+1/p-1. The Kier molecular flexibility index (Phi) is 24.4. The molecule has 0 aliphatic heterocycles. The second kappa shape index (κ2) is 22.1. The predicted molar refractivity (Wildman–Crippen MR) is 119 cm³/mol. The summed E-state index contributed by atoms with van der Waals surface area (Å²) in [5.74, 6) is 0. The van der Waals surface area contributed by atoms with Crippen LogP contribution in [0.15, 0.2) is 0 Å². The van der Waals surface area contributed by atoms with E-state index in [-0.39, 0.29) is 29.6 Å². The van der Waals surface area contributed by atoms with Gasteiger partial charge >= 0.3 is 29.6 Å². The number of unbranched alkanes of at least 4 members (excludes halogenated alkanes) is 13. The van der Waals surface area contributed by atoms with Crippen LogP contribution >= 0.6 is 0 Å². The molecule has 4 nitrogen and oxygen atoms in total. The van der Waals surface area contributed by atoms with Gasteiger partial charge in [0, 0.05) is 5.25 Å². The monoisotopic (exact) mass is 442 g/mol. The van der Waals surface area contributed by atoms with Gasteiger partial charge in [-0.25, -0.2) is 8.42 Å². The Morgan fingerprint density at radius 3 is 1.45 bits per heavy atom. The summed E-state index contributed by atoms with van der Waals surface area (Å²) in [7, 11) is -4.26.